The summed E-state index contributed by atoms with van der Waals surface area (Å²) >= 11 is 1.74. The number of amides is 1. The van der Waals surface area contributed by atoms with Crippen molar-refractivity contribution in [2.45, 2.75) is 39.2 Å². The van der Waals surface area contributed by atoms with E-state index >= 15 is 0 Å². The molecule has 0 saturated heterocycles. The average molecular weight is 300 g/mol. The van der Waals surface area contributed by atoms with Crippen LogP contribution >= 0.6 is 11.3 Å². The molecule has 110 valence electrons. The van der Waals surface area contributed by atoms with Crippen LogP contribution in [0.2, 0.25) is 0 Å². The predicted molar refractivity (Wildman–Crippen MR) is 86.3 cm³/mol. The molecule has 1 atom stereocenters. The number of nitrogens with one attached hydrogen (secondary N) is 1. The maximum Gasteiger partial charge on any atom is 0.223 e. The normalized spacial score (nSPS) is 17.6. The van der Waals surface area contributed by atoms with Gasteiger partial charge in [0, 0.05) is 22.4 Å². The zero-order valence-corrected chi connectivity index (χ0v) is 13.2. The van der Waals surface area contributed by atoms with Crippen molar-refractivity contribution in [2.24, 2.45) is 5.92 Å². The van der Waals surface area contributed by atoms with Gasteiger partial charge in [0.05, 0.1) is 5.69 Å². The van der Waals surface area contributed by atoms with Crippen molar-refractivity contribution in [2.75, 3.05) is 0 Å². The van der Waals surface area contributed by atoms with E-state index in [0.717, 1.165) is 24.3 Å². The minimum Gasteiger partial charge on any atom is -0.354 e. The summed E-state index contributed by atoms with van der Waals surface area (Å²) in [4.78, 5) is 18.2. The van der Waals surface area contributed by atoms with Gasteiger partial charge in [-0.2, -0.15) is 0 Å². The van der Waals surface area contributed by atoms with E-state index in [1.165, 1.54) is 16.1 Å². The molecule has 0 bridgehead atoms. The zero-order chi connectivity index (χ0) is 14.8. The Morgan fingerprint density at radius 2 is 2.10 bits per heavy atom. The highest BCUT2D eigenvalue weighted by Crippen LogP contribution is 2.34. The van der Waals surface area contributed by atoms with Crippen LogP contribution in [0.15, 0.2) is 30.3 Å². The first-order chi connectivity index (χ1) is 10.1. The fourth-order valence-electron chi connectivity index (χ4n) is 2.71. The van der Waals surface area contributed by atoms with Crippen LogP contribution in [0.4, 0.5) is 0 Å². The lowest BCUT2D eigenvalue weighted by Gasteiger charge is -2.21. The average Bonchev–Trinajstić information content (AvgIpc) is 2.90. The molecule has 1 heterocycles. The molecule has 2 aromatic rings. The quantitative estimate of drug-likeness (QED) is 0.943. The highest BCUT2D eigenvalue weighted by molar-refractivity contribution is 7.15. The third-order valence-electron chi connectivity index (χ3n) is 3.76. The Morgan fingerprint density at radius 3 is 2.81 bits per heavy atom. The largest absolute Gasteiger partial charge is 0.354 e. The molecular formula is C17H20N2OS. The van der Waals surface area contributed by atoms with Gasteiger partial charge in [-0.25, -0.2) is 4.98 Å². The molecular weight excluding hydrogens is 280 g/mol. The number of carbonyl (C=O) groups is 1. The van der Waals surface area contributed by atoms with Gasteiger partial charge in [-0.15, -0.1) is 11.3 Å². The smallest absolute Gasteiger partial charge is 0.223 e. The van der Waals surface area contributed by atoms with Crippen molar-refractivity contribution in [3.63, 3.8) is 0 Å². The summed E-state index contributed by atoms with van der Waals surface area (Å²) in [5.41, 5.74) is 2.35. The lowest BCUT2D eigenvalue weighted by molar-refractivity contribution is -0.125. The molecule has 1 aromatic carbocycles. The number of benzene rings is 1. The lowest BCUT2D eigenvalue weighted by atomic mass is 9.90. The molecule has 1 aliphatic rings. The number of hydrogen-bond acceptors (Lipinski definition) is 3. The SMILES string of the molecule is CC(C)NC(=O)C1CCc2nc(-c3ccccc3)sc2C1. The van der Waals surface area contributed by atoms with Crippen LogP contribution in [-0.2, 0) is 17.6 Å². The van der Waals surface area contributed by atoms with Gasteiger partial charge in [-0.1, -0.05) is 30.3 Å². The number of thiazole rings is 1. The van der Waals surface area contributed by atoms with E-state index in [1.807, 2.05) is 32.0 Å². The summed E-state index contributed by atoms with van der Waals surface area (Å²) in [7, 11) is 0. The molecule has 3 nitrogen and oxygen atoms in total. The van der Waals surface area contributed by atoms with Gasteiger partial charge in [0.25, 0.3) is 0 Å². The van der Waals surface area contributed by atoms with E-state index in [9.17, 15) is 4.79 Å². The molecule has 0 radical (unpaired) electrons. The highest BCUT2D eigenvalue weighted by Gasteiger charge is 2.27. The number of nitrogens with zero attached hydrogens (tertiary/aromatic N) is 1. The first-order valence-electron chi connectivity index (χ1n) is 7.48. The molecule has 3 rings (SSSR count). The van der Waals surface area contributed by atoms with E-state index in [4.69, 9.17) is 4.98 Å². The monoisotopic (exact) mass is 300 g/mol. The third-order valence-corrected chi connectivity index (χ3v) is 4.93. The van der Waals surface area contributed by atoms with Crippen LogP contribution in [0.25, 0.3) is 10.6 Å². The van der Waals surface area contributed by atoms with E-state index < -0.39 is 0 Å². The Labute approximate surface area is 129 Å². The van der Waals surface area contributed by atoms with Crippen LogP contribution in [0.1, 0.15) is 30.8 Å². The van der Waals surface area contributed by atoms with E-state index in [0.29, 0.717) is 0 Å². The van der Waals surface area contributed by atoms with Gasteiger partial charge in [-0.3, -0.25) is 4.79 Å². The Morgan fingerprint density at radius 1 is 1.33 bits per heavy atom. The molecule has 21 heavy (non-hydrogen) atoms. The molecule has 4 heteroatoms. The first-order valence-corrected chi connectivity index (χ1v) is 8.29. The molecule has 0 fully saturated rings. The maximum atomic E-state index is 12.2. The third kappa shape index (κ3) is 3.16. The van der Waals surface area contributed by atoms with Crippen molar-refractivity contribution < 1.29 is 4.79 Å². The van der Waals surface area contributed by atoms with Crippen LogP contribution in [-0.4, -0.2) is 16.9 Å². The van der Waals surface area contributed by atoms with Crippen molar-refractivity contribution in [1.29, 1.82) is 0 Å². The first kappa shape index (κ1) is 14.3. The minimum absolute atomic E-state index is 0.101. The highest BCUT2D eigenvalue weighted by atomic mass is 32.1. The van der Waals surface area contributed by atoms with E-state index in [1.54, 1.807) is 11.3 Å². The summed E-state index contributed by atoms with van der Waals surface area (Å²) in [5, 5.41) is 4.10. The predicted octanol–water partition coefficient (Wildman–Crippen LogP) is 3.44. The maximum absolute atomic E-state index is 12.2. The Kier molecular flexibility index (Phi) is 4.06. The summed E-state index contributed by atoms with van der Waals surface area (Å²) in [6, 6.07) is 10.5. The molecule has 1 amide bonds. The molecule has 0 aliphatic heterocycles. The topological polar surface area (TPSA) is 42.0 Å². The molecule has 1 N–H and O–H groups in total. The summed E-state index contributed by atoms with van der Waals surface area (Å²) in [6.45, 7) is 4.01. The molecule has 0 saturated carbocycles. The van der Waals surface area contributed by atoms with E-state index in [-0.39, 0.29) is 17.9 Å². The van der Waals surface area contributed by atoms with Gasteiger partial charge in [0.2, 0.25) is 5.91 Å². The Balaban J connectivity index is 1.78. The molecule has 1 aliphatic carbocycles. The number of fused-ring (bicyclic) bond motifs is 1. The van der Waals surface area contributed by atoms with Gasteiger partial charge in [-0.05, 0) is 33.1 Å². The van der Waals surface area contributed by atoms with Gasteiger partial charge in [0.1, 0.15) is 5.01 Å². The molecule has 1 unspecified atom stereocenters. The minimum atomic E-state index is 0.101. The fourth-order valence-corrected chi connectivity index (χ4v) is 3.90. The van der Waals surface area contributed by atoms with Crippen LogP contribution in [0, 0.1) is 5.92 Å². The van der Waals surface area contributed by atoms with Gasteiger partial charge in [0.15, 0.2) is 0 Å². The number of rotatable bonds is 3. The van der Waals surface area contributed by atoms with Crippen LogP contribution in [0.5, 0.6) is 0 Å². The Hall–Kier alpha value is -1.68. The molecule has 0 spiro atoms. The van der Waals surface area contributed by atoms with Crippen molar-refractivity contribution in [3.8, 4) is 10.6 Å². The van der Waals surface area contributed by atoms with Gasteiger partial charge >= 0.3 is 0 Å². The van der Waals surface area contributed by atoms with Gasteiger partial charge < -0.3 is 5.32 Å². The lowest BCUT2D eigenvalue weighted by Crippen LogP contribution is -2.37. The summed E-state index contributed by atoms with van der Waals surface area (Å²) in [5.74, 6) is 0.286. The second kappa shape index (κ2) is 5.98. The van der Waals surface area contributed by atoms with Crippen LogP contribution in [0.3, 0.4) is 0 Å². The number of hydrogen-bond donors (Lipinski definition) is 1. The number of aromatic nitrogens is 1. The fraction of sp³-hybridized carbons (Fsp3) is 0.412. The van der Waals surface area contributed by atoms with Crippen molar-refractivity contribution in [1.82, 2.24) is 10.3 Å². The van der Waals surface area contributed by atoms with E-state index in [2.05, 4.69) is 17.4 Å². The Bertz CT molecular complexity index is 633. The van der Waals surface area contributed by atoms with Crippen molar-refractivity contribution in [3.05, 3.63) is 40.9 Å². The molecule has 1 aromatic heterocycles. The second-order valence-corrected chi connectivity index (χ2v) is 6.94. The number of carbonyl (C=O) groups excluding carboxylic acids is 1. The standard InChI is InChI=1S/C17H20N2OS/c1-11(2)18-16(20)13-8-9-14-15(10-13)21-17(19-14)12-6-4-3-5-7-12/h3-7,11,13H,8-10H2,1-2H3,(H,18,20). The van der Waals surface area contributed by atoms with Crippen LogP contribution < -0.4 is 5.32 Å². The number of aryl methyl sites for hydroxylation is 1. The summed E-state index contributed by atoms with van der Waals surface area (Å²) in [6.07, 6.45) is 2.65. The van der Waals surface area contributed by atoms with Crippen molar-refractivity contribution >= 4 is 17.2 Å². The summed E-state index contributed by atoms with van der Waals surface area (Å²) < 4.78 is 0. The second-order valence-electron chi connectivity index (χ2n) is 5.86. The zero-order valence-electron chi connectivity index (χ0n) is 12.4.